The molecule has 0 radical (unpaired) electrons. The highest BCUT2D eigenvalue weighted by molar-refractivity contribution is 6.31. The van der Waals surface area contributed by atoms with E-state index in [2.05, 4.69) is 5.32 Å². The van der Waals surface area contributed by atoms with Crippen LogP contribution in [0.3, 0.4) is 0 Å². The van der Waals surface area contributed by atoms with Crippen LogP contribution in [0.15, 0.2) is 34.9 Å². The van der Waals surface area contributed by atoms with Gasteiger partial charge in [0.2, 0.25) is 0 Å². The second kappa shape index (κ2) is 7.61. The lowest BCUT2D eigenvalue weighted by atomic mass is 10.1. The number of rotatable bonds is 4. The Morgan fingerprint density at radius 2 is 1.85 bits per heavy atom. The summed E-state index contributed by atoms with van der Waals surface area (Å²) in [6.45, 7) is 1.35. The van der Waals surface area contributed by atoms with E-state index in [9.17, 15) is 14.4 Å². The Morgan fingerprint density at radius 1 is 1.12 bits per heavy atom. The van der Waals surface area contributed by atoms with Crippen molar-refractivity contribution in [2.75, 3.05) is 18.4 Å². The second-order valence-corrected chi connectivity index (χ2v) is 6.44. The number of hydrogen-bond donors (Lipinski definition) is 2. The molecule has 7 nitrogen and oxygen atoms in total. The van der Waals surface area contributed by atoms with Crippen molar-refractivity contribution < 1.29 is 23.9 Å². The smallest absolute Gasteiger partial charge is 0.338 e. The highest BCUT2D eigenvalue weighted by Gasteiger charge is 2.23. The predicted octanol–water partition coefficient (Wildman–Crippen LogP) is 3.51. The van der Waals surface area contributed by atoms with Crippen LogP contribution in [-0.4, -0.2) is 40.9 Å². The molecule has 136 valence electrons. The number of aromatic carboxylic acids is 1. The molecule has 2 heterocycles. The van der Waals surface area contributed by atoms with E-state index in [1.807, 2.05) is 0 Å². The molecule has 2 aromatic rings. The molecule has 1 fully saturated rings. The number of carboxylic acid groups (broad SMARTS) is 1. The zero-order chi connectivity index (χ0) is 18.7. The molecule has 0 saturated carbocycles. The first-order valence-corrected chi connectivity index (χ1v) is 8.55. The first kappa shape index (κ1) is 18.0. The normalized spacial score (nSPS) is 14.1. The van der Waals surface area contributed by atoms with Crippen molar-refractivity contribution in [3.05, 3.63) is 52.4 Å². The van der Waals surface area contributed by atoms with Gasteiger partial charge in [-0.15, -0.1) is 0 Å². The summed E-state index contributed by atoms with van der Waals surface area (Å²) in [6.07, 6.45) is 3.98. The van der Waals surface area contributed by atoms with Gasteiger partial charge in [0, 0.05) is 24.2 Å². The Hall–Kier alpha value is -2.80. The molecule has 0 bridgehead atoms. The van der Waals surface area contributed by atoms with Gasteiger partial charge >= 0.3 is 5.97 Å². The molecule has 1 aromatic heterocycles. The van der Waals surface area contributed by atoms with Gasteiger partial charge in [-0.25, -0.2) is 4.79 Å². The molecule has 3 rings (SSSR count). The first-order chi connectivity index (χ1) is 12.5. The van der Waals surface area contributed by atoms with Crippen LogP contribution in [0, 0.1) is 0 Å². The third-order valence-corrected chi connectivity index (χ3v) is 4.41. The minimum atomic E-state index is -1.20. The molecular weight excluding hydrogens is 360 g/mol. The van der Waals surface area contributed by atoms with Gasteiger partial charge < -0.3 is 19.7 Å². The number of carboxylic acids is 1. The fraction of sp³-hybridized carbons (Fsp3) is 0.278. The molecule has 26 heavy (non-hydrogen) atoms. The van der Waals surface area contributed by atoms with Crippen molar-refractivity contribution in [2.24, 2.45) is 0 Å². The van der Waals surface area contributed by atoms with Crippen molar-refractivity contribution >= 4 is 35.1 Å². The summed E-state index contributed by atoms with van der Waals surface area (Å²) in [5.74, 6) is -2.20. The lowest BCUT2D eigenvalue weighted by Gasteiger charge is -2.27. The molecule has 2 amide bonds. The summed E-state index contributed by atoms with van der Waals surface area (Å²) < 4.78 is 4.99. The van der Waals surface area contributed by atoms with Gasteiger partial charge in [-0.05, 0) is 37.5 Å². The summed E-state index contributed by atoms with van der Waals surface area (Å²) in [6, 6.07) is 5.76. The number of carbonyl (C=O) groups is 3. The van der Waals surface area contributed by atoms with E-state index in [-0.39, 0.29) is 22.9 Å². The maximum absolute atomic E-state index is 12.8. The Kier molecular flexibility index (Phi) is 5.27. The average molecular weight is 377 g/mol. The molecule has 1 aromatic carbocycles. The van der Waals surface area contributed by atoms with Crippen LogP contribution >= 0.6 is 11.6 Å². The van der Waals surface area contributed by atoms with Crippen molar-refractivity contribution in [1.82, 2.24) is 4.90 Å². The number of amides is 2. The van der Waals surface area contributed by atoms with E-state index in [4.69, 9.17) is 21.1 Å². The SMILES string of the molecule is O=C(O)c1coc(C(=O)Nc2cc(Cl)ccc2C(=O)N2CCCCC2)c1. The maximum atomic E-state index is 12.8. The van der Waals surface area contributed by atoms with Crippen molar-refractivity contribution in [3.8, 4) is 0 Å². The Bertz CT molecular complexity index is 855. The standard InChI is InChI=1S/C18H17ClN2O5/c19-12-4-5-13(17(23)21-6-2-1-3-7-21)14(9-12)20-16(22)15-8-11(10-26-15)18(24)25/h4-5,8-10H,1-3,6-7H2,(H,20,22)(H,24,25). The van der Waals surface area contributed by atoms with Crippen molar-refractivity contribution in [2.45, 2.75) is 19.3 Å². The van der Waals surface area contributed by atoms with Crippen LogP contribution in [0.5, 0.6) is 0 Å². The number of nitrogens with zero attached hydrogens (tertiary/aromatic N) is 1. The molecule has 1 aliphatic rings. The highest BCUT2D eigenvalue weighted by Crippen LogP contribution is 2.25. The molecule has 0 spiro atoms. The number of piperidine rings is 1. The Balaban J connectivity index is 1.84. The molecule has 8 heteroatoms. The number of benzene rings is 1. The maximum Gasteiger partial charge on any atom is 0.338 e. The first-order valence-electron chi connectivity index (χ1n) is 8.17. The van der Waals surface area contributed by atoms with Crippen LogP contribution < -0.4 is 5.32 Å². The zero-order valence-electron chi connectivity index (χ0n) is 13.8. The van der Waals surface area contributed by atoms with Gasteiger partial charge in [0.25, 0.3) is 11.8 Å². The fourth-order valence-corrected chi connectivity index (χ4v) is 3.00. The lowest BCUT2D eigenvalue weighted by Crippen LogP contribution is -2.36. The van der Waals surface area contributed by atoms with Gasteiger partial charge in [-0.2, -0.15) is 0 Å². The number of likely N-dealkylation sites (tertiary alicyclic amines) is 1. The van der Waals surface area contributed by atoms with Gasteiger partial charge in [0.15, 0.2) is 5.76 Å². The summed E-state index contributed by atoms with van der Waals surface area (Å²) in [5, 5.41) is 11.9. The van der Waals surface area contributed by atoms with E-state index >= 15 is 0 Å². The van der Waals surface area contributed by atoms with Crippen molar-refractivity contribution in [1.29, 1.82) is 0 Å². The number of halogens is 1. The molecule has 0 unspecified atom stereocenters. The Labute approximate surface area is 154 Å². The zero-order valence-corrected chi connectivity index (χ0v) is 14.6. The highest BCUT2D eigenvalue weighted by atomic mass is 35.5. The molecule has 2 N–H and O–H groups in total. The third-order valence-electron chi connectivity index (χ3n) is 4.17. The molecule has 0 aliphatic carbocycles. The molecule has 0 atom stereocenters. The molecular formula is C18H17ClN2O5. The van der Waals surface area contributed by atoms with E-state index in [0.717, 1.165) is 31.6 Å². The lowest BCUT2D eigenvalue weighted by molar-refractivity contribution is 0.0693. The third kappa shape index (κ3) is 3.88. The van der Waals surface area contributed by atoms with Crippen LogP contribution in [0.2, 0.25) is 5.02 Å². The average Bonchev–Trinajstić information content (AvgIpc) is 3.13. The summed E-state index contributed by atoms with van der Waals surface area (Å²) in [7, 11) is 0. The van der Waals surface area contributed by atoms with Crippen LogP contribution in [-0.2, 0) is 0 Å². The summed E-state index contributed by atoms with van der Waals surface area (Å²) in [5.41, 5.74) is 0.451. The topological polar surface area (TPSA) is 99.8 Å². The summed E-state index contributed by atoms with van der Waals surface area (Å²) in [4.78, 5) is 37.8. The molecule has 1 aliphatic heterocycles. The largest absolute Gasteiger partial charge is 0.478 e. The van der Waals surface area contributed by atoms with E-state index in [0.29, 0.717) is 23.7 Å². The van der Waals surface area contributed by atoms with Crippen LogP contribution in [0.1, 0.15) is 50.5 Å². The summed E-state index contributed by atoms with van der Waals surface area (Å²) >= 11 is 6.01. The van der Waals surface area contributed by atoms with Crippen LogP contribution in [0.25, 0.3) is 0 Å². The number of hydrogen-bond acceptors (Lipinski definition) is 4. The van der Waals surface area contributed by atoms with Gasteiger partial charge in [0.1, 0.15) is 6.26 Å². The monoisotopic (exact) mass is 376 g/mol. The van der Waals surface area contributed by atoms with Gasteiger partial charge in [-0.3, -0.25) is 9.59 Å². The number of furan rings is 1. The van der Waals surface area contributed by atoms with Crippen LogP contribution in [0.4, 0.5) is 5.69 Å². The molecule has 1 saturated heterocycles. The van der Waals surface area contributed by atoms with E-state index < -0.39 is 11.9 Å². The number of nitrogens with one attached hydrogen (secondary N) is 1. The quantitative estimate of drug-likeness (QED) is 0.850. The fourth-order valence-electron chi connectivity index (χ4n) is 2.83. The minimum Gasteiger partial charge on any atom is -0.478 e. The second-order valence-electron chi connectivity index (χ2n) is 6.00. The number of anilines is 1. The Morgan fingerprint density at radius 3 is 2.50 bits per heavy atom. The van der Waals surface area contributed by atoms with E-state index in [1.54, 1.807) is 17.0 Å². The van der Waals surface area contributed by atoms with Gasteiger partial charge in [0.05, 0.1) is 16.8 Å². The van der Waals surface area contributed by atoms with E-state index in [1.165, 1.54) is 6.07 Å². The minimum absolute atomic E-state index is 0.133. The van der Waals surface area contributed by atoms with Gasteiger partial charge in [-0.1, -0.05) is 11.6 Å². The predicted molar refractivity (Wildman–Crippen MR) is 94.8 cm³/mol. The van der Waals surface area contributed by atoms with Crippen molar-refractivity contribution in [3.63, 3.8) is 0 Å². The number of carbonyl (C=O) groups excluding carboxylic acids is 2.